The Bertz CT molecular complexity index is 6.00. The molecule has 0 unspecified atom stereocenters. The van der Waals surface area contributed by atoms with Crippen molar-refractivity contribution in [3.05, 3.63) is 0 Å². The Balaban J connectivity index is 0. The summed E-state index contributed by atoms with van der Waals surface area (Å²) in [5.74, 6) is 0. The van der Waals surface area contributed by atoms with Crippen LogP contribution >= 0.6 is 0 Å². The van der Waals surface area contributed by atoms with Gasteiger partial charge in [0.2, 0.25) is 0 Å². The summed E-state index contributed by atoms with van der Waals surface area (Å²) in [5, 5.41) is 0. The van der Waals surface area contributed by atoms with Crippen LogP contribution in [-0.2, 0) is 4.74 Å². The first-order valence-corrected chi connectivity index (χ1v) is 0.816. The highest BCUT2D eigenvalue weighted by atomic mass is 27.0. The fourth-order valence-electron chi connectivity index (χ4n) is 0. The lowest BCUT2D eigenvalue weighted by Gasteiger charge is -1.61. The van der Waals surface area contributed by atoms with E-state index in [0.717, 1.165) is 0 Å². The predicted octanol–water partition coefficient (Wildman–Crippen LogP) is -0.921. The first-order valence-electron chi connectivity index (χ1n) is 0.816. The number of hydrogen-bond donors (Lipinski definition) is 0. The molecule has 0 aromatic heterocycles. The van der Waals surface area contributed by atoms with Gasteiger partial charge in [-0.1, -0.05) is 0 Å². The van der Waals surface area contributed by atoms with Crippen molar-refractivity contribution in [2.45, 2.75) is 0 Å². The third-order valence-corrected chi connectivity index (χ3v) is 0. The van der Waals surface area contributed by atoms with Gasteiger partial charge in [0.25, 0.3) is 0 Å². The van der Waals surface area contributed by atoms with Crippen LogP contribution < -0.4 is 0 Å². The molecule has 0 aliphatic carbocycles. The molecule has 0 amide bonds. The van der Waals surface area contributed by atoms with Crippen molar-refractivity contribution in [1.29, 1.82) is 0 Å². The normalized spacial score (nSPS) is 4.50. The van der Waals surface area contributed by atoms with E-state index in [-0.39, 0.29) is 17.4 Å². The van der Waals surface area contributed by atoms with E-state index in [2.05, 4.69) is 4.74 Å². The minimum Gasteiger partial charge on any atom is -0.388 e. The standard InChI is InChI=1S/C2H6O.Al.3H/c1-3-2;;;;/h1-2H3;;;;. The van der Waals surface area contributed by atoms with Crippen LogP contribution in [-0.4, -0.2) is 31.6 Å². The number of rotatable bonds is 0. The van der Waals surface area contributed by atoms with Gasteiger partial charge in [-0.2, -0.15) is 0 Å². The second-order valence-corrected chi connectivity index (χ2v) is 0.408. The van der Waals surface area contributed by atoms with Crippen LogP contribution in [0.15, 0.2) is 0 Å². The van der Waals surface area contributed by atoms with E-state index in [1.807, 2.05) is 0 Å². The van der Waals surface area contributed by atoms with Gasteiger partial charge in [0.05, 0.1) is 0 Å². The summed E-state index contributed by atoms with van der Waals surface area (Å²) < 4.78 is 4.25. The monoisotopic (exact) mass is 76.0 g/mol. The Morgan fingerprint density at radius 3 is 1.25 bits per heavy atom. The third kappa shape index (κ3) is 22.9. The molecule has 0 rings (SSSR count). The zero-order valence-electron chi connectivity index (χ0n) is 2.41. The molecule has 0 spiro atoms. The molecule has 0 aromatic carbocycles. The minimum absolute atomic E-state index is 0. The Hall–Kier alpha value is 0.492. The summed E-state index contributed by atoms with van der Waals surface area (Å²) in [6.45, 7) is 0. The Labute approximate surface area is 37.1 Å². The molecule has 0 bridgehead atoms. The molecule has 0 aliphatic heterocycles. The van der Waals surface area contributed by atoms with Gasteiger partial charge >= 0.3 is 0 Å². The Kier molecular flexibility index (Phi) is 21.5. The molecule has 0 aromatic rings. The molecule has 2 heteroatoms. The average Bonchev–Trinajstić information content (AvgIpc) is 0.918. The largest absolute Gasteiger partial charge is 0.388 e. The molecule has 0 fully saturated rings. The number of ether oxygens (including phenoxy) is 1. The Morgan fingerprint density at radius 1 is 1.25 bits per heavy atom. The second-order valence-electron chi connectivity index (χ2n) is 0.408. The molecule has 0 radical (unpaired) electrons. The lowest BCUT2D eigenvalue weighted by molar-refractivity contribution is 0.277. The molecular formula is C2H9AlO. The van der Waals surface area contributed by atoms with E-state index >= 15 is 0 Å². The Morgan fingerprint density at radius 2 is 1.25 bits per heavy atom. The smallest absolute Gasteiger partial charge is 0.187 e. The summed E-state index contributed by atoms with van der Waals surface area (Å²) >= 11 is 0. The zero-order chi connectivity index (χ0) is 2.71. The molecule has 0 atom stereocenters. The molecule has 0 saturated carbocycles. The van der Waals surface area contributed by atoms with Crippen molar-refractivity contribution in [2.24, 2.45) is 0 Å². The number of methoxy groups -OCH3 is 1. The lowest BCUT2D eigenvalue weighted by Crippen LogP contribution is -1.55. The molecule has 26 valence electrons. The van der Waals surface area contributed by atoms with Gasteiger partial charge < -0.3 is 4.74 Å². The molecular weight excluding hydrogens is 67.0 g/mol. The van der Waals surface area contributed by atoms with Crippen molar-refractivity contribution in [1.82, 2.24) is 0 Å². The van der Waals surface area contributed by atoms with E-state index in [1.54, 1.807) is 14.2 Å². The van der Waals surface area contributed by atoms with Gasteiger partial charge in [-0.05, 0) is 0 Å². The highest BCUT2D eigenvalue weighted by Crippen LogP contribution is 1.28. The average molecular weight is 76.1 g/mol. The van der Waals surface area contributed by atoms with E-state index in [4.69, 9.17) is 0 Å². The van der Waals surface area contributed by atoms with Crippen LogP contribution in [0.25, 0.3) is 0 Å². The SMILES string of the molecule is COC.[AlH3]. The van der Waals surface area contributed by atoms with Crippen LogP contribution in [0.2, 0.25) is 0 Å². The third-order valence-electron chi connectivity index (χ3n) is 0. The first kappa shape index (κ1) is 8.82. The highest BCUT2D eigenvalue weighted by molar-refractivity contribution is 5.75. The zero-order valence-corrected chi connectivity index (χ0v) is 2.41. The van der Waals surface area contributed by atoms with Gasteiger partial charge in [-0.3, -0.25) is 0 Å². The maximum Gasteiger partial charge on any atom is 0.187 e. The topological polar surface area (TPSA) is 9.23 Å². The summed E-state index contributed by atoms with van der Waals surface area (Å²) in [7, 11) is 3.25. The van der Waals surface area contributed by atoms with Crippen molar-refractivity contribution < 1.29 is 4.74 Å². The van der Waals surface area contributed by atoms with E-state index in [9.17, 15) is 0 Å². The van der Waals surface area contributed by atoms with Crippen LogP contribution in [0.5, 0.6) is 0 Å². The van der Waals surface area contributed by atoms with Crippen molar-refractivity contribution >= 4 is 17.4 Å². The fraction of sp³-hybridized carbons (Fsp3) is 1.00. The maximum absolute atomic E-state index is 4.25. The summed E-state index contributed by atoms with van der Waals surface area (Å²) in [6, 6.07) is 0. The van der Waals surface area contributed by atoms with Crippen molar-refractivity contribution in [2.75, 3.05) is 14.2 Å². The minimum atomic E-state index is 0. The van der Waals surface area contributed by atoms with Crippen LogP contribution in [0, 0.1) is 0 Å². The molecule has 1 nitrogen and oxygen atoms in total. The van der Waals surface area contributed by atoms with Gasteiger partial charge in [-0.15, -0.1) is 0 Å². The van der Waals surface area contributed by atoms with Crippen LogP contribution in [0.4, 0.5) is 0 Å². The van der Waals surface area contributed by atoms with Gasteiger partial charge in [0.1, 0.15) is 0 Å². The van der Waals surface area contributed by atoms with E-state index in [0.29, 0.717) is 0 Å². The predicted molar refractivity (Wildman–Crippen MR) is 22.9 cm³/mol. The van der Waals surface area contributed by atoms with Gasteiger partial charge in [0.15, 0.2) is 17.4 Å². The molecule has 4 heavy (non-hydrogen) atoms. The molecule has 0 N–H and O–H groups in total. The van der Waals surface area contributed by atoms with Crippen molar-refractivity contribution in [3.8, 4) is 0 Å². The quantitative estimate of drug-likeness (QED) is 0.339. The summed E-state index contributed by atoms with van der Waals surface area (Å²) in [6.07, 6.45) is 0. The first-order chi connectivity index (χ1) is 1.41. The van der Waals surface area contributed by atoms with E-state index in [1.165, 1.54) is 0 Å². The van der Waals surface area contributed by atoms with E-state index < -0.39 is 0 Å². The lowest BCUT2D eigenvalue weighted by atomic mass is 11.6. The van der Waals surface area contributed by atoms with Crippen LogP contribution in [0.1, 0.15) is 0 Å². The van der Waals surface area contributed by atoms with Gasteiger partial charge in [0, 0.05) is 14.2 Å². The highest BCUT2D eigenvalue weighted by Gasteiger charge is 1.25. The molecule has 0 saturated heterocycles. The fourth-order valence-corrected chi connectivity index (χ4v) is 0. The molecule has 0 aliphatic rings. The molecule has 0 heterocycles. The van der Waals surface area contributed by atoms with Crippen molar-refractivity contribution in [3.63, 3.8) is 0 Å². The maximum atomic E-state index is 4.25. The summed E-state index contributed by atoms with van der Waals surface area (Å²) in [4.78, 5) is 0. The summed E-state index contributed by atoms with van der Waals surface area (Å²) in [5.41, 5.74) is 0. The second kappa shape index (κ2) is 9.74. The van der Waals surface area contributed by atoms with Crippen LogP contribution in [0.3, 0.4) is 0 Å². The number of hydrogen-bond acceptors (Lipinski definition) is 1. The van der Waals surface area contributed by atoms with Gasteiger partial charge in [-0.25, -0.2) is 0 Å².